The zero-order valence-electron chi connectivity index (χ0n) is 12.1. The third-order valence-electron chi connectivity index (χ3n) is 3.07. The van der Waals surface area contributed by atoms with Crippen molar-refractivity contribution >= 4 is 0 Å². The van der Waals surface area contributed by atoms with Gasteiger partial charge in [0.1, 0.15) is 0 Å². The van der Waals surface area contributed by atoms with Crippen LogP contribution in [0, 0.1) is 22.2 Å². The van der Waals surface area contributed by atoms with Gasteiger partial charge >= 0.3 is 0 Å². The molecule has 1 unspecified atom stereocenters. The van der Waals surface area contributed by atoms with E-state index in [0.29, 0.717) is 5.92 Å². The van der Waals surface area contributed by atoms with Gasteiger partial charge in [-0.2, -0.15) is 0 Å². The van der Waals surface area contributed by atoms with Crippen LogP contribution in [-0.2, 0) is 0 Å². The standard InChI is InChI=1S/C14H30O/c1-12(2,3)10(13(4,5)6)11(15)14(7,8)9/h10-11,15H,1-9H3. The molecule has 0 saturated heterocycles. The monoisotopic (exact) mass is 214 g/mol. The van der Waals surface area contributed by atoms with Gasteiger partial charge in [-0.25, -0.2) is 0 Å². The van der Waals surface area contributed by atoms with Crippen molar-refractivity contribution in [1.29, 1.82) is 0 Å². The summed E-state index contributed by atoms with van der Waals surface area (Å²) in [5, 5.41) is 10.5. The van der Waals surface area contributed by atoms with Crippen LogP contribution in [0.3, 0.4) is 0 Å². The van der Waals surface area contributed by atoms with Crippen molar-refractivity contribution in [3.63, 3.8) is 0 Å². The van der Waals surface area contributed by atoms with E-state index in [-0.39, 0.29) is 22.3 Å². The molecule has 0 bridgehead atoms. The Balaban J connectivity index is 5.16. The smallest absolute Gasteiger partial charge is 0.0626 e. The molecule has 0 aliphatic heterocycles. The summed E-state index contributed by atoms with van der Waals surface area (Å²) < 4.78 is 0. The Morgan fingerprint density at radius 2 is 0.867 bits per heavy atom. The Morgan fingerprint density at radius 1 is 0.600 bits per heavy atom. The molecule has 1 atom stereocenters. The summed E-state index contributed by atoms with van der Waals surface area (Å²) in [6, 6.07) is 0. The predicted octanol–water partition coefficient (Wildman–Crippen LogP) is 4.10. The van der Waals surface area contributed by atoms with Crippen molar-refractivity contribution in [3.8, 4) is 0 Å². The maximum atomic E-state index is 10.5. The molecule has 0 aliphatic carbocycles. The number of hydrogen-bond acceptors (Lipinski definition) is 1. The van der Waals surface area contributed by atoms with Gasteiger partial charge in [-0.05, 0) is 22.2 Å². The minimum Gasteiger partial charge on any atom is -0.392 e. The number of aliphatic hydroxyl groups is 1. The van der Waals surface area contributed by atoms with Crippen LogP contribution in [0.15, 0.2) is 0 Å². The Labute approximate surface area is 96.3 Å². The molecule has 15 heavy (non-hydrogen) atoms. The van der Waals surface area contributed by atoms with Crippen molar-refractivity contribution in [2.75, 3.05) is 0 Å². The van der Waals surface area contributed by atoms with E-state index in [1.165, 1.54) is 0 Å². The van der Waals surface area contributed by atoms with E-state index < -0.39 is 0 Å². The molecule has 0 saturated carbocycles. The van der Waals surface area contributed by atoms with E-state index in [1.807, 2.05) is 0 Å². The quantitative estimate of drug-likeness (QED) is 0.696. The average Bonchev–Trinajstić information content (AvgIpc) is 1.76. The average molecular weight is 214 g/mol. The molecule has 0 radical (unpaired) electrons. The molecule has 0 rings (SSSR count). The van der Waals surface area contributed by atoms with Gasteiger partial charge in [-0.15, -0.1) is 0 Å². The second kappa shape index (κ2) is 4.08. The van der Waals surface area contributed by atoms with Crippen molar-refractivity contribution in [2.24, 2.45) is 22.2 Å². The molecular formula is C14H30O. The molecule has 0 amide bonds. The van der Waals surface area contributed by atoms with Gasteiger partial charge in [0.2, 0.25) is 0 Å². The lowest BCUT2D eigenvalue weighted by molar-refractivity contribution is -0.0791. The summed E-state index contributed by atoms with van der Waals surface area (Å²) in [5.41, 5.74) is 0.209. The first-order valence-corrected chi connectivity index (χ1v) is 5.96. The van der Waals surface area contributed by atoms with Gasteiger partial charge in [0.05, 0.1) is 6.10 Å². The molecule has 1 heteroatoms. The first kappa shape index (κ1) is 15.0. The van der Waals surface area contributed by atoms with Gasteiger partial charge in [-0.1, -0.05) is 62.3 Å². The van der Waals surface area contributed by atoms with Crippen LogP contribution in [0.5, 0.6) is 0 Å². The van der Waals surface area contributed by atoms with E-state index in [2.05, 4.69) is 62.3 Å². The number of rotatable bonds is 1. The van der Waals surface area contributed by atoms with Crippen molar-refractivity contribution in [3.05, 3.63) is 0 Å². The topological polar surface area (TPSA) is 20.2 Å². The first-order valence-electron chi connectivity index (χ1n) is 5.96. The van der Waals surface area contributed by atoms with Crippen LogP contribution >= 0.6 is 0 Å². The van der Waals surface area contributed by atoms with E-state index in [4.69, 9.17) is 0 Å². The third-order valence-corrected chi connectivity index (χ3v) is 3.07. The fourth-order valence-electron chi connectivity index (χ4n) is 2.75. The second-order valence-electron chi connectivity index (χ2n) is 8.02. The van der Waals surface area contributed by atoms with Gasteiger partial charge in [0.25, 0.3) is 0 Å². The molecule has 0 aromatic rings. The summed E-state index contributed by atoms with van der Waals surface area (Å²) in [6.07, 6.45) is -0.266. The lowest BCUT2D eigenvalue weighted by atomic mass is 9.60. The Bertz CT molecular complexity index is 183. The van der Waals surface area contributed by atoms with Crippen LogP contribution in [-0.4, -0.2) is 11.2 Å². The molecule has 92 valence electrons. The molecule has 0 aliphatic rings. The number of hydrogen-bond donors (Lipinski definition) is 1. The van der Waals surface area contributed by atoms with E-state index in [1.54, 1.807) is 0 Å². The van der Waals surface area contributed by atoms with Gasteiger partial charge in [0, 0.05) is 0 Å². The lowest BCUT2D eigenvalue weighted by Crippen LogP contribution is -2.47. The SMILES string of the molecule is CC(C)(C)C(O)C(C(C)(C)C)C(C)(C)C. The zero-order chi connectivity index (χ0) is 12.7. The maximum absolute atomic E-state index is 10.5. The van der Waals surface area contributed by atoms with Gasteiger partial charge in [-0.3, -0.25) is 0 Å². The molecule has 0 spiro atoms. The Hall–Kier alpha value is -0.0400. The van der Waals surface area contributed by atoms with E-state index in [9.17, 15) is 5.11 Å². The molecule has 0 aromatic carbocycles. The predicted molar refractivity (Wildman–Crippen MR) is 67.9 cm³/mol. The van der Waals surface area contributed by atoms with Gasteiger partial charge in [0.15, 0.2) is 0 Å². The summed E-state index contributed by atoms with van der Waals surface area (Å²) in [5.74, 6) is 0.296. The van der Waals surface area contributed by atoms with Crippen LogP contribution in [0.2, 0.25) is 0 Å². The molecule has 0 heterocycles. The van der Waals surface area contributed by atoms with Crippen LogP contribution in [0.1, 0.15) is 62.3 Å². The summed E-state index contributed by atoms with van der Waals surface area (Å²) in [6.45, 7) is 19.7. The molecular weight excluding hydrogens is 184 g/mol. The largest absolute Gasteiger partial charge is 0.392 e. The molecule has 1 nitrogen and oxygen atoms in total. The van der Waals surface area contributed by atoms with E-state index in [0.717, 1.165) is 0 Å². The van der Waals surface area contributed by atoms with Crippen molar-refractivity contribution < 1.29 is 5.11 Å². The zero-order valence-corrected chi connectivity index (χ0v) is 12.1. The maximum Gasteiger partial charge on any atom is 0.0626 e. The van der Waals surface area contributed by atoms with Gasteiger partial charge < -0.3 is 5.11 Å². The fourth-order valence-corrected chi connectivity index (χ4v) is 2.75. The van der Waals surface area contributed by atoms with Crippen LogP contribution < -0.4 is 0 Å². The highest BCUT2D eigenvalue weighted by Gasteiger charge is 2.44. The van der Waals surface area contributed by atoms with Crippen molar-refractivity contribution in [2.45, 2.75) is 68.4 Å². The Kier molecular flexibility index (Phi) is 4.07. The number of aliphatic hydroxyl groups excluding tert-OH is 1. The minimum atomic E-state index is -0.266. The fraction of sp³-hybridized carbons (Fsp3) is 1.00. The minimum absolute atomic E-state index is 0.0504. The summed E-state index contributed by atoms with van der Waals surface area (Å²) in [4.78, 5) is 0. The normalized spacial score (nSPS) is 17.0. The van der Waals surface area contributed by atoms with Crippen LogP contribution in [0.25, 0.3) is 0 Å². The van der Waals surface area contributed by atoms with Crippen LogP contribution in [0.4, 0.5) is 0 Å². The molecule has 0 aromatic heterocycles. The lowest BCUT2D eigenvalue weighted by Gasteiger charge is -2.47. The highest BCUT2D eigenvalue weighted by molar-refractivity contribution is 4.93. The molecule has 1 N–H and O–H groups in total. The highest BCUT2D eigenvalue weighted by Crippen LogP contribution is 2.46. The molecule has 0 fully saturated rings. The summed E-state index contributed by atoms with van der Waals surface area (Å²) in [7, 11) is 0. The van der Waals surface area contributed by atoms with Crippen molar-refractivity contribution in [1.82, 2.24) is 0 Å². The summed E-state index contributed by atoms with van der Waals surface area (Å²) >= 11 is 0. The third kappa shape index (κ3) is 4.14. The first-order chi connectivity index (χ1) is 6.28. The second-order valence-corrected chi connectivity index (χ2v) is 8.02. The Morgan fingerprint density at radius 3 is 0.933 bits per heavy atom. The van der Waals surface area contributed by atoms with E-state index >= 15 is 0 Å². The highest BCUT2D eigenvalue weighted by atomic mass is 16.3.